The van der Waals surface area contributed by atoms with Crippen LogP contribution >= 0.6 is 0 Å². The molecule has 206 valence electrons. The molecule has 8 aromatic rings. The summed E-state index contributed by atoms with van der Waals surface area (Å²) in [5.41, 5.74) is 15.4. The normalized spacial score (nSPS) is 13.9. The first kappa shape index (κ1) is 24.0. The molecule has 2 aromatic heterocycles. The molecule has 0 saturated carbocycles. The molecule has 0 spiro atoms. The lowest BCUT2D eigenvalue weighted by molar-refractivity contribution is 0.660. The average molecular weight is 561 g/mol. The Labute approximate surface area is 255 Å². The number of rotatable bonds is 2. The molecule has 0 bridgehead atoms. The molecule has 2 nitrogen and oxygen atoms in total. The average Bonchev–Trinajstić information content (AvgIpc) is 3.66. The zero-order chi connectivity index (χ0) is 29.2. The van der Waals surface area contributed by atoms with E-state index in [1.54, 1.807) is 0 Å². The first-order chi connectivity index (χ1) is 21.6. The van der Waals surface area contributed by atoms with Crippen molar-refractivity contribution in [1.82, 2.24) is 9.55 Å². The first-order valence-corrected chi connectivity index (χ1v) is 15.4. The van der Waals surface area contributed by atoms with Crippen molar-refractivity contribution in [3.63, 3.8) is 0 Å². The number of pyridine rings is 1. The largest absolute Gasteiger partial charge is 0.293 e. The Bertz CT molecular complexity index is 2500. The van der Waals surface area contributed by atoms with Crippen molar-refractivity contribution in [2.45, 2.75) is 19.3 Å². The van der Waals surface area contributed by atoms with Gasteiger partial charge in [0.05, 0.1) is 11.0 Å². The maximum atomic E-state index is 5.17. The Kier molecular flexibility index (Phi) is 4.55. The van der Waals surface area contributed by atoms with Crippen molar-refractivity contribution in [2.24, 2.45) is 0 Å². The fraction of sp³-hybridized carbons (Fsp3) is 0.0714. The SMILES string of the molecule is CC1(C)c2ccccc2-c2cc(-c3ccc4c(c3)c3ccccc3n4-c3ncc4c5c(cccc35)-c3ccccc3-4)ccc21. The Morgan fingerprint density at radius 3 is 2.00 bits per heavy atom. The topological polar surface area (TPSA) is 17.8 Å². The van der Waals surface area contributed by atoms with Gasteiger partial charge in [-0.2, -0.15) is 0 Å². The lowest BCUT2D eigenvalue weighted by atomic mass is 9.82. The zero-order valence-electron chi connectivity index (χ0n) is 24.6. The van der Waals surface area contributed by atoms with Crippen LogP contribution in [0.25, 0.3) is 82.9 Å². The Hall–Kier alpha value is -5.47. The van der Waals surface area contributed by atoms with Crippen LogP contribution in [-0.2, 0) is 5.41 Å². The highest BCUT2D eigenvalue weighted by molar-refractivity contribution is 6.18. The summed E-state index contributed by atoms with van der Waals surface area (Å²) in [5.74, 6) is 0.980. The summed E-state index contributed by atoms with van der Waals surface area (Å²) in [6, 6.07) is 46.9. The molecule has 2 aliphatic carbocycles. The monoisotopic (exact) mass is 560 g/mol. The predicted octanol–water partition coefficient (Wildman–Crippen LogP) is 11.0. The summed E-state index contributed by atoms with van der Waals surface area (Å²) >= 11 is 0. The third kappa shape index (κ3) is 2.97. The maximum Gasteiger partial charge on any atom is 0.145 e. The van der Waals surface area contributed by atoms with Crippen LogP contribution in [0.15, 0.2) is 134 Å². The highest BCUT2D eigenvalue weighted by Gasteiger charge is 2.35. The van der Waals surface area contributed by atoms with Crippen molar-refractivity contribution in [1.29, 1.82) is 0 Å². The second-order valence-corrected chi connectivity index (χ2v) is 12.8. The standard InChI is InChI=1S/C42H28N2/c1-42(2)36-16-7-5-12-29(36)33-22-25(18-20-37(33)42)26-19-21-39-34(23-26)30-13-6-8-17-38(30)44(39)41-32-15-9-14-31-27-10-3-4-11-28(27)35(24-43-41)40(31)32/h3-24H,1-2H3. The number of hydrogen-bond donors (Lipinski definition) is 0. The van der Waals surface area contributed by atoms with Gasteiger partial charge in [0.1, 0.15) is 5.82 Å². The second-order valence-electron chi connectivity index (χ2n) is 12.8. The number of para-hydroxylation sites is 1. The number of nitrogens with zero attached hydrogens (tertiary/aromatic N) is 2. The van der Waals surface area contributed by atoms with Gasteiger partial charge in [-0.1, -0.05) is 117 Å². The van der Waals surface area contributed by atoms with E-state index in [-0.39, 0.29) is 5.41 Å². The molecule has 2 heteroatoms. The van der Waals surface area contributed by atoms with Gasteiger partial charge in [-0.15, -0.1) is 0 Å². The van der Waals surface area contributed by atoms with Gasteiger partial charge in [0, 0.05) is 38.7 Å². The van der Waals surface area contributed by atoms with Crippen LogP contribution in [0.4, 0.5) is 0 Å². The summed E-state index contributed by atoms with van der Waals surface area (Å²) < 4.78 is 2.36. The second kappa shape index (κ2) is 8.33. The van der Waals surface area contributed by atoms with Crippen LogP contribution in [0.1, 0.15) is 25.0 Å². The van der Waals surface area contributed by atoms with E-state index in [0.717, 1.165) is 5.82 Å². The van der Waals surface area contributed by atoms with Crippen LogP contribution in [-0.4, -0.2) is 9.55 Å². The predicted molar refractivity (Wildman–Crippen MR) is 184 cm³/mol. The van der Waals surface area contributed by atoms with Gasteiger partial charge in [0.25, 0.3) is 0 Å². The summed E-state index contributed by atoms with van der Waals surface area (Å²) in [4.78, 5) is 5.17. The van der Waals surface area contributed by atoms with Gasteiger partial charge in [-0.3, -0.25) is 4.57 Å². The highest BCUT2D eigenvalue weighted by atomic mass is 15.1. The molecule has 6 aromatic carbocycles. The van der Waals surface area contributed by atoms with Crippen molar-refractivity contribution in [2.75, 3.05) is 0 Å². The molecular formula is C42H28N2. The molecule has 0 unspecified atom stereocenters. The van der Waals surface area contributed by atoms with Gasteiger partial charge < -0.3 is 0 Å². The fourth-order valence-corrected chi connectivity index (χ4v) is 8.13. The van der Waals surface area contributed by atoms with E-state index in [2.05, 4.69) is 152 Å². The molecule has 0 N–H and O–H groups in total. The van der Waals surface area contributed by atoms with Crippen molar-refractivity contribution >= 4 is 32.6 Å². The Balaban J connectivity index is 1.20. The summed E-state index contributed by atoms with van der Waals surface area (Å²) in [6.07, 6.45) is 2.08. The number of fused-ring (bicyclic) bond motifs is 9. The lowest BCUT2D eigenvalue weighted by Crippen LogP contribution is -2.14. The van der Waals surface area contributed by atoms with E-state index in [1.807, 2.05) is 0 Å². The van der Waals surface area contributed by atoms with Crippen LogP contribution in [0.3, 0.4) is 0 Å². The third-order valence-corrected chi connectivity index (χ3v) is 10.2. The zero-order valence-corrected chi connectivity index (χ0v) is 24.6. The molecule has 10 rings (SSSR count). The molecule has 0 aliphatic heterocycles. The Morgan fingerprint density at radius 1 is 0.477 bits per heavy atom. The van der Waals surface area contributed by atoms with Crippen molar-refractivity contribution < 1.29 is 0 Å². The first-order valence-electron chi connectivity index (χ1n) is 15.4. The quantitative estimate of drug-likeness (QED) is 0.206. The Morgan fingerprint density at radius 2 is 1.11 bits per heavy atom. The molecule has 2 aliphatic rings. The minimum atomic E-state index is 0.00977. The van der Waals surface area contributed by atoms with E-state index in [1.165, 1.54) is 88.2 Å². The molecule has 0 saturated heterocycles. The van der Waals surface area contributed by atoms with Crippen LogP contribution < -0.4 is 0 Å². The maximum absolute atomic E-state index is 5.17. The van der Waals surface area contributed by atoms with Gasteiger partial charge in [-0.25, -0.2) is 4.98 Å². The fourth-order valence-electron chi connectivity index (χ4n) is 8.13. The summed E-state index contributed by atoms with van der Waals surface area (Å²) in [7, 11) is 0. The molecule has 0 amide bonds. The molecule has 2 heterocycles. The summed E-state index contributed by atoms with van der Waals surface area (Å²) in [5, 5.41) is 4.96. The van der Waals surface area contributed by atoms with Crippen LogP contribution in [0, 0.1) is 0 Å². The van der Waals surface area contributed by atoms with E-state index in [0.29, 0.717) is 0 Å². The number of hydrogen-bond acceptors (Lipinski definition) is 1. The van der Waals surface area contributed by atoms with E-state index in [4.69, 9.17) is 4.98 Å². The third-order valence-electron chi connectivity index (χ3n) is 10.2. The smallest absolute Gasteiger partial charge is 0.145 e. The minimum Gasteiger partial charge on any atom is -0.293 e. The highest BCUT2D eigenvalue weighted by Crippen LogP contribution is 2.50. The molecule has 44 heavy (non-hydrogen) atoms. The number of benzene rings is 6. The van der Waals surface area contributed by atoms with Gasteiger partial charge in [-0.05, 0) is 74.3 Å². The van der Waals surface area contributed by atoms with E-state index < -0.39 is 0 Å². The molecule has 0 atom stereocenters. The molecular weight excluding hydrogens is 532 g/mol. The minimum absolute atomic E-state index is 0.00977. The molecule has 0 radical (unpaired) electrons. The van der Waals surface area contributed by atoms with E-state index in [9.17, 15) is 0 Å². The van der Waals surface area contributed by atoms with Gasteiger partial charge in [0.2, 0.25) is 0 Å². The van der Waals surface area contributed by atoms with Crippen molar-refractivity contribution in [3.05, 3.63) is 145 Å². The lowest BCUT2D eigenvalue weighted by Gasteiger charge is -2.21. The van der Waals surface area contributed by atoms with Crippen molar-refractivity contribution in [3.8, 4) is 50.3 Å². The number of aromatic nitrogens is 2. The van der Waals surface area contributed by atoms with Gasteiger partial charge in [0.15, 0.2) is 0 Å². The molecule has 0 fully saturated rings. The van der Waals surface area contributed by atoms with Crippen LogP contribution in [0.2, 0.25) is 0 Å². The van der Waals surface area contributed by atoms with Crippen LogP contribution in [0.5, 0.6) is 0 Å². The van der Waals surface area contributed by atoms with Gasteiger partial charge >= 0.3 is 0 Å². The van der Waals surface area contributed by atoms with E-state index >= 15 is 0 Å². The summed E-state index contributed by atoms with van der Waals surface area (Å²) in [6.45, 7) is 4.68.